The number of ether oxygens (including phenoxy) is 1. The lowest BCUT2D eigenvalue weighted by Crippen LogP contribution is -2.55. The first-order chi connectivity index (χ1) is 17.0. The Morgan fingerprint density at radius 3 is 2.80 bits per heavy atom. The van der Waals surface area contributed by atoms with E-state index in [0.717, 1.165) is 6.04 Å². The molecule has 4 fully saturated rings. The first-order valence-corrected chi connectivity index (χ1v) is 14.2. The molecule has 4 aliphatic carbocycles. The lowest BCUT2D eigenvalue weighted by molar-refractivity contribution is -0.140. The molecule has 6 aliphatic rings. The van der Waals surface area contributed by atoms with Crippen molar-refractivity contribution in [3.8, 4) is 0 Å². The molecular formula is C32H38N2O. The minimum absolute atomic E-state index is 0.00830. The molecule has 0 amide bonds. The Hall–Kier alpha value is -1.97. The van der Waals surface area contributed by atoms with Gasteiger partial charge in [0.15, 0.2) is 0 Å². The van der Waals surface area contributed by atoms with E-state index in [1.807, 2.05) is 12.4 Å². The van der Waals surface area contributed by atoms with Gasteiger partial charge in [0, 0.05) is 29.9 Å². The number of rotatable bonds is 3. The molecule has 2 spiro atoms. The highest BCUT2D eigenvalue weighted by Gasteiger charge is 2.66. The second-order valence-electron chi connectivity index (χ2n) is 13.0. The van der Waals surface area contributed by atoms with Crippen LogP contribution in [0.4, 0.5) is 0 Å². The number of hydrogen-bond donors (Lipinski definition) is 0. The Bertz CT molecular complexity index is 1280. The van der Waals surface area contributed by atoms with E-state index in [0.29, 0.717) is 17.9 Å². The van der Waals surface area contributed by atoms with E-state index in [1.165, 1.54) is 80.5 Å². The van der Waals surface area contributed by atoms with Gasteiger partial charge in [-0.2, -0.15) is 0 Å². The summed E-state index contributed by atoms with van der Waals surface area (Å²) in [5.41, 5.74) is 4.89. The number of hydrogen-bond acceptors (Lipinski definition) is 3. The maximum absolute atomic E-state index is 7.52. The Morgan fingerprint density at radius 2 is 1.91 bits per heavy atom. The van der Waals surface area contributed by atoms with Gasteiger partial charge in [-0.05, 0) is 123 Å². The Kier molecular flexibility index (Phi) is 4.27. The van der Waals surface area contributed by atoms with Crippen LogP contribution in [-0.2, 0) is 4.74 Å². The zero-order chi connectivity index (χ0) is 23.4. The SMILES string of the molecule is CN(C1CC1)C1CCC2=CC3=CC[C@@]4(C)C(c5ccc6ccncc6c5)CC[C@H]4[C@@]34CC[C@]2(C1)O4. The average Bonchev–Trinajstić information content (AvgIpc) is 3.60. The second-order valence-corrected chi connectivity index (χ2v) is 13.0. The van der Waals surface area contributed by atoms with Gasteiger partial charge in [0.05, 0.1) is 11.2 Å². The van der Waals surface area contributed by atoms with Gasteiger partial charge in [0.2, 0.25) is 0 Å². The maximum atomic E-state index is 7.52. The van der Waals surface area contributed by atoms with Crippen LogP contribution in [0.2, 0.25) is 0 Å². The summed E-state index contributed by atoms with van der Waals surface area (Å²) in [6.07, 6.45) is 21.9. The van der Waals surface area contributed by atoms with Crippen LogP contribution in [0.1, 0.15) is 82.6 Å². The van der Waals surface area contributed by atoms with Crippen molar-refractivity contribution in [2.24, 2.45) is 11.3 Å². The van der Waals surface area contributed by atoms with E-state index < -0.39 is 0 Å². The van der Waals surface area contributed by atoms with Crippen LogP contribution in [0, 0.1) is 11.3 Å². The van der Waals surface area contributed by atoms with Crippen LogP contribution in [0.25, 0.3) is 10.8 Å². The molecule has 1 aromatic heterocycles. The molecule has 3 saturated carbocycles. The van der Waals surface area contributed by atoms with Crippen molar-refractivity contribution < 1.29 is 4.74 Å². The van der Waals surface area contributed by atoms with Crippen LogP contribution in [0.3, 0.4) is 0 Å². The van der Waals surface area contributed by atoms with Crippen LogP contribution >= 0.6 is 0 Å². The molecule has 3 heterocycles. The standard InChI is InChI=1S/C32H38N2O/c1-30-13-11-25-18-24-5-6-27(34(2)26-7-8-26)19-31(24)14-15-32(25,35-31)29(30)10-9-28(30)22-4-3-21-12-16-33-20-23(21)17-22/h3-4,11-12,16-18,20,26-29H,5-10,13-15,19H2,1-2H3/t27?,28?,29-,30+,31-,32-/m1/s1. The topological polar surface area (TPSA) is 25.4 Å². The van der Waals surface area contributed by atoms with Gasteiger partial charge < -0.3 is 9.64 Å². The van der Waals surface area contributed by atoms with Crippen molar-refractivity contribution >= 4 is 10.8 Å². The predicted molar refractivity (Wildman–Crippen MR) is 140 cm³/mol. The summed E-state index contributed by atoms with van der Waals surface area (Å²) in [5.74, 6) is 1.21. The largest absolute Gasteiger partial charge is 0.359 e. The molecular weight excluding hydrogens is 428 g/mol. The van der Waals surface area contributed by atoms with E-state index in [2.05, 4.69) is 60.3 Å². The fraction of sp³-hybridized carbons (Fsp3) is 0.594. The van der Waals surface area contributed by atoms with Crippen molar-refractivity contribution in [1.29, 1.82) is 0 Å². The van der Waals surface area contributed by atoms with E-state index in [4.69, 9.17) is 4.74 Å². The molecule has 2 unspecified atom stereocenters. The third-order valence-electron chi connectivity index (χ3n) is 11.4. The lowest BCUT2D eigenvalue weighted by Gasteiger charge is -2.55. The van der Waals surface area contributed by atoms with Crippen molar-refractivity contribution in [1.82, 2.24) is 9.88 Å². The van der Waals surface area contributed by atoms with Gasteiger partial charge in [-0.1, -0.05) is 31.2 Å². The molecule has 2 bridgehead atoms. The average molecular weight is 467 g/mol. The number of aromatic nitrogens is 1. The van der Waals surface area contributed by atoms with Gasteiger partial charge in [-0.15, -0.1) is 0 Å². The molecule has 3 nitrogen and oxygen atoms in total. The summed E-state index contributed by atoms with van der Waals surface area (Å²) >= 11 is 0. The molecule has 8 rings (SSSR count). The van der Waals surface area contributed by atoms with Crippen molar-refractivity contribution in [2.75, 3.05) is 7.05 Å². The van der Waals surface area contributed by atoms with Gasteiger partial charge in [0.25, 0.3) is 0 Å². The van der Waals surface area contributed by atoms with Gasteiger partial charge in [-0.3, -0.25) is 4.98 Å². The Morgan fingerprint density at radius 1 is 1.00 bits per heavy atom. The highest BCUT2D eigenvalue weighted by Crippen LogP contribution is 2.69. The third-order valence-corrected chi connectivity index (χ3v) is 11.4. The van der Waals surface area contributed by atoms with E-state index >= 15 is 0 Å². The van der Waals surface area contributed by atoms with Gasteiger partial charge in [0.1, 0.15) is 0 Å². The highest BCUT2D eigenvalue weighted by molar-refractivity contribution is 5.82. The summed E-state index contributed by atoms with van der Waals surface area (Å²) in [6.45, 7) is 2.59. The minimum Gasteiger partial charge on any atom is -0.359 e. The summed E-state index contributed by atoms with van der Waals surface area (Å²) in [6, 6.07) is 10.8. The van der Waals surface area contributed by atoms with E-state index in [1.54, 1.807) is 11.1 Å². The monoisotopic (exact) mass is 466 g/mol. The first-order valence-electron chi connectivity index (χ1n) is 14.2. The quantitative estimate of drug-likeness (QED) is 0.490. The molecule has 2 aromatic rings. The number of benzene rings is 1. The zero-order valence-electron chi connectivity index (χ0n) is 21.3. The molecule has 0 radical (unpaired) electrons. The normalized spacial score (nSPS) is 41.9. The maximum Gasteiger partial charge on any atom is 0.0974 e. The van der Waals surface area contributed by atoms with Crippen molar-refractivity contribution in [3.63, 3.8) is 0 Å². The Balaban J connectivity index is 1.15. The van der Waals surface area contributed by atoms with Crippen LogP contribution < -0.4 is 0 Å². The zero-order valence-corrected chi connectivity index (χ0v) is 21.3. The van der Waals surface area contributed by atoms with E-state index in [9.17, 15) is 0 Å². The summed E-state index contributed by atoms with van der Waals surface area (Å²) in [7, 11) is 2.38. The van der Waals surface area contributed by atoms with Crippen LogP contribution in [0.5, 0.6) is 0 Å². The van der Waals surface area contributed by atoms with Crippen LogP contribution in [0.15, 0.2) is 60.0 Å². The molecule has 3 heteroatoms. The summed E-state index contributed by atoms with van der Waals surface area (Å²) in [5, 5.41) is 2.57. The van der Waals surface area contributed by atoms with Gasteiger partial charge >= 0.3 is 0 Å². The number of allylic oxidation sites excluding steroid dienone is 1. The third kappa shape index (κ3) is 2.83. The first kappa shape index (κ1) is 21.1. The second kappa shape index (κ2) is 7.07. The smallest absolute Gasteiger partial charge is 0.0974 e. The highest BCUT2D eigenvalue weighted by atomic mass is 16.5. The minimum atomic E-state index is -0.0519. The van der Waals surface area contributed by atoms with Crippen LogP contribution in [-0.4, -0.2) is 40.2 Å². The predicted octanol–water partition coefficient (Wildman–Crippen LogP) is 6.94. The van der Waals surface area contributed by atoms with Crippen molar-refractivity contribution in [3.05, 3.63) is 65.5 Å². The fourth-order valence-electron chi connectivity index (χ4n) is 9.38. The summed E-state index contributed by atoms with van der Waals surface area (Å²) < 4.78 is 7.52. The molecule has 182 valence electrons. The lowest BCUT2D eigenvalue weighted by atomic mass is 9.58. The number of fused-ring (bicyclic) bond motifs is 2. The summed E-state index contributed by atoms with van der Waals surface area (Å²) in [4.78, 5) is 7.10. The fourth-order valence-corrected chi connectivity index (χ4v) is 9.38. The molecule has 35 heavy (non-hydrogen) atoms. The molecule has 2 aliphatic heterocycles. The van der Waals surface area contributed by atoms with Gasteiger partial charge in [-0.25, -0.2) is 0 Å². The number of pyridine rings is 1. The Labute approximate surface area is 209 Å². The molecule has 1 aromatic carbocycles. The molecule has 0 N–H and O–H groups in total. The van der Waals surface area contributed by atoms with Crippen molar-refractivity contribution in [2.45, 2.75) is 100 Å². The number of nitrogens with zero attached hydrogens (tertiary/aromatic N) is 2. The molecule has 1 saturated heterocycles. The molecule has 6 atom stereocenters. The van der Waals surface area contributed by atoms with E-state index in [-0.39, 0.29) is 16.6 Å².